The SMILES string of the molecule is COCCCN(Cc1nc(C(=O)OC)cs1)C(=O)c1cc(C(F)(F)F)cc(C(F)(F)F)c1. The molecule has 1 amide bonds. The third kappa shape index (κ3) is 6.66. The highest BCUT2D eigenvalue weighted by molar-refractivity contribution is 7.09. The number of thiazole rings is 1. The van der Waals surface area contributed by atoms with Gasteiger partial charge in [0.2, 0.25) is 0 Å². The number of nitrogens with zero attached hydrogens (tertiary/aromatic N) is 2. The summed E-state index contributed by atoms with van der Waals surface area (Å²) in [6, 6.07) is 0.709. The molecule has 0 saturated heterocycles. The average Bonchev–Trinajstić information content (AvgIpc) is 3.19. The Morgan fingerprint density at radius 3 is 2.12 bits per heavy atom. The van der Waals surface area contributed by atoms with Gasteiger partial charge in [0, 0.05) is 31.2 Å². The van der Waals surface area contributed by atoms with Crippen molar-refractivity contribution >= 4 is 23.2 Å². The second-order valence-electron chi connectivity index (χ2n) is 6.49. The molecule has 176 valence electrons. The summed E-state index contributed by atoms with van der Waals surface area (Å²) in [5.41, 5.74) is -3.98. The summed E-state index contributed by atoms with van der Waals surface area (Å²) in [5, 5.41) is 1.62. The fraction of sp³-hybridized carbons (Fsp3) is 0.421. The number of rotatable bonds is 8. The number of carbonyl (C=O) groups is 2. The van der Waals surface area contributed by atoms with Gasteiger partial charge in [-0.3, -0.25) is 4.79 Å². The van der Waals surface area contributed by atoms with Crippen LogP contribution in [0.15, 0.2) is 23.6 Å². The molecule has 2 aromatic rings. The lowest BCUT2D eigenvalue weighted by atomic mass is 10.0. The fourth-order valence-corrected chi connectivity index (χ4v) is 3.44. The zero-order valence-corrected chi connectivity index (χ0v) is 17.7. The number of hydrogen-bond donors (Lipinski definition) is 0. The predicted octanol–water partition coefficient (Wildman–Crippen LogP) is 4.65. The molecule has 1 aromatic carbocycles. The Morgan fingerprint density at radius 2 is 1.62 bits per heavy atom. The highest BCUT2D eigenvalue weighted by Gasteiger charge is 2.38. The minimum atomic E-state index is -5.08. The van der Waals surface area contributed by atoms with Crippen molar-refractivity contribution in [1.82, 2.24) is 9.88 Å². The number of ether oxygens (including phenoxy) is 2. The van der Waals surface area contributed by atoms with Crippen LogP contribution in [0.1, 0.15) is 43.4 Å². The van der Waals surface area contributed by atoms with E-state index < -0.39 is 40.9 Å². The second-order valence-corrected chi connectivity index (χ2v) is 7.43. The Kier molecular flexibility index (Phi) is 8.24. The number of aromatic nitrogens is 1. The van der Waals surface area contributed by atoms with Crippen molar-refractivity contribution < 1.29 is 45.4 Å². The molecule has 32 heavy (non-hydrogen) atoms. The maximum atomic E-state index is 13.1. The van der Waals surface area contributed by atoms with Gasteiger partial charge in [-0.1, -0.05) is 0 Å². The minimum absolute atomic E-state index is 0.0303. The van der Waals surface area contributed by atoms with Gasteiger partial charge in [0.1, 0.15) is 5.01 Å². The lowest BCUT2D eigenvalue weighted by Crippen LogP contribution is -2.32. The first kappa shape index (κ1) is 25.6. The summed E-state index contributed by atoms with van der Waals surface area (Å²) in [6.45, 7) is -0.0648. The van der Waals surface area contributed by atoms with E-state index in [1.54, 1.807) is 0 Å². The van der Waals surface area contributed by atoms with Crippen molar-refractivity contribution in [3.8, 4) is 0 Å². The maximum absolute atomic E-state index is 13.1. The van der Waals surface area contributed by atoms with Crippen LogP contribution in [0.25, 0.3) is 0 Å². The molecule has 0 fully saturated rings. The molecule has 0 aliphatic heterocycles. The van der Waals surface area contributed by atoms with Crippen LogP contribution in [-0.2, 0) is 28.4 Å². The Labute approximate surface area is 182 Å². The number of alkyl halides is 6. The largest absolute Gasteiger partial charge is 0.464 e. The average molecular weight is 484 g/mol. The molecule has 1 aromatic heterocycles. The number of esters is 1. The predicted molar refractivity (Wildman–Crippen MR) is 101 cm³/mol. The van der Waals surface area contributed by atoms with Gasteiger partial charge in [0.25, 0.3) is 5.91 Å². The number of benzene rings is 1. The van der Waals surface area contributed by atoms with Crippen LogP contribution in [0.2, 0.25) is 0 Å². The topological polar surface area (TPSA) is 68.7 Å². The van der Waals surface area contributed by atoms with E-state index in [0.29, 0.717) is 12.1 Å². The van der Waals surface area contributed by atoms with Crippen LogP contribution in [0.4, 0.5) is 26.3 Å². The van der Waals surface area contributed by atoms with E-state index in [1.165, 1.54) is 12.5 Å². The number of halogens is 6. The number of amides is 1. The summed E-state index contributed by atoms with van der Waals surface area (Å²) < 4.78 is 88.3. The summed E-state index contributed by atoms with van der Waals surface area (Å²) in [5.74, 6) is -1.77. The number of hydrogen-bond acceptors (Lipinski definition) is 6. The Bertz CT molecular complexity index is 926. The Hall–Kier alpha value is -2.67. The molecule has 0 atom stereocenters. The third-order valence-corrected chi connectivity index (χ3v) is 5.00. The molecule has 13 heteroatoms. The van der Waals surface area contributed by atoms with Crippen molar-refractivity contribution in [3.63, 3.8) is 0 Å². The molecule has 6 nitrogen and oxygen atoms in total. The number of carbonyl (C=O) groups excluding carboxylic acids is 2. The van der Waals surface area contributed by atoms with Crippen LogP contribution >= 0.6 is 11.3 Å². The molecule has 0 saturated carbocycles. The third-order valence-electron chi connectivity index (χ3n) is 4.17. The van der Waals surface area contributed by atoms with Crippen LogP contribution in [0.3, 0.4) is 0 Å². The highest BCUT2D eigenvalue weighted by atomic mass is 32.1. The first-order chi connectivity index (χ1) is 14.9. The van der Waals surface area contributed by atoms with Gasteiger partial charge < -0.3 is 14.4 Å². The summed E-state index contributed by atoms with van der Waals surface area (Å²) in [6.07, 6.45) is -9.90. The lowest BCUT2D eigenvalue weighted by Gasteiger charge is -2.23. The molecule has 0 N–H and O–H groups in total. The zero-order valence-electron chi connectivity index (χ0n) is 16.8. The van der Waals surface area contributed by atoms with Crippen molar-refractivity contribution in [3.05, 3.63) is 51.0 Å². The van der Waals surface area contributed by atoms with Crippen molar-refractivity contribution in [2.75, 3.05) is 27.4 Å². The van der Waals surface area contributed by atoms with E-state index in [1.807, 2.05) is 0 Å². The summed E-state index contributed by atoms with van der Waals surface area (Å²) in [7, 11) is 2.55. The molecule has 2 rings (SSSR count). The van der Waals surface area contributed by atoms with Gasteiger partial charge >= 0.3 is 18.3 Å². The van der Waals surface area contributed by atoms with E-state index in [2.05, 4.69) is 9.72 Å². The van der Waals surface area contributed by atoms with Gasteiger partial charge in [-0.15, -0.1) is 11.3 Å². The molecule has 0 radical (unpaired) electrons. The Morgan fingerprint density at radius 1 is 1.03 bits per heavy atom. The highest BCUT2D eigenvalue weighted by Crippen LogP contribution is 2.36. The van der Waals surface area contributed by atoms with Gasteiger partial charge in [0.05, 0.1) is 24.8 Å². The van der Waals surface area contributed by atoms with Crippen molar-refractivity contribution in [1.29, 1.82) is 0 Å². The van der Waals surface area contributed by atoms with Crippen LogP contribution in [-0.4, -0.2) is 49.1 Å². The van der Waals surface area contributed by atoms with Gasteiger partial charge in [0.15, 0.2) is 5.69 Å². The normalized spacial score (nSPS) is 12.0. The monoisotopic (exact) mass is 484 g/mol. The molecule has 0 unspecified atom stereocenters. The maximum Gasteiger partial charge on any atom is 0.416 e. The van der Waals surface area contributed by atoms with Gasteiger partial charge in [-0.25, -0.2) is 9.78 Å². The van der Waals surface area contributed by atoms with E-state index >= 15 is 0 Å². The van der Waals surface area contributed by atoms with E-state index in [9.17, 15) is 35.9 Å². The summed E-state index contributed by atoms with van der Waals surface area (Å²) in [4.78, 5) is 29.5. The first-order valence-corrected chi connectivity index (χ1v) is 9.85. The number of methoxy groups -OCH3 is 2. The molecule has 1 heterocycles. The Balaban J connectivity index is 2.41. The van der Waals surface area contributed by atoms with Crippen molar-refractivity contribution in [2.24, 2.45) is 0 Å². The second kappa shape index (κ2) is 10.3. The summed E-state index contributed by atoms with van der Waals surface area (Å²) >= 11 is 0.991. The standard InChI is InChI=1S/C19H18F6N2O4S/c1-30-5-3-4-27(9-15-26-14(10-32-15)17(29)31-2)16(28)11-6-12(18(20,21)22)8-13(7-11)19(23,24)25/h6-8,10H,3-5,9H2,1-2H3. The first-order valence-electron chi connectivity index (χ1n) is 8.97. The lowest BCUT2D eigenvalue weighted by molar-refractivity contribution is -0.143. The quantitative estimate of drug-likeness (QED) is 0.310. The smallest absolute Gasteiger partial charge is 0.416 e. The van der Waals surface area contributed by atoms with E-state index in [4.69, 9.17) is 4.74 Å². The van der Waals surface area contributed by atoms with Gasteiger partial charge in [-0.05, 0) is 24.6 Å². The van der Waals surface area contributed by atoms with Crippen molar-refractivity contribution in [2.45, 2.75) is 25.3 Å². The van der Waals surface area contributed by atoms with E-state index in [-0.39, 0.29) is 42.9 Å². The molecular weight excluding hydrogens is 466 g/mol. The van der Waals surface area contributed by atoms with Gasteiger partial charge in [-0.2, -0.15) is 26.3 Å². The molecule has 0 bridgehead atoms. The van der Waals surface area contributed by atoms with Crippen LogP contribution in [0.5, 0.6) is 0 Å². The molecule has 0 aliphatic carbocycles. The fourth-order valence-electron chi connectivity index (χ4n) is 2.66. The van der Waals surface area contributed by atoms with Crippen LogP contribution in [0, 0.1) is 0 Å². The zero-order chi connectivity index (χ0) is 24.1. The molecule has 0 spiro atoms. The minimum Gasteiger partial charge on any atom is -0.464 e. The molecule has 0 aliphatic rings. The van der Waals surface area contributed by atoms with E-state index in [0.717, 1.165) is 23.3 Å². The molecular formula is C19H18F6N2O4S. The van der Waals surface area contributed by atoms with Crippen LogP contribution < -0.4 is 0 Å².